The molecule has 0 amide bonds. The summed E-state index contributed by atoms with van der Waals surface area (Å²) in [6.07, 6.45) is 8.09. The zero-order chi connectivity index (χ0) is 18.0. The quantitative estimate of drug-likeness (QED) is 0.382. The second-order valence-electron chi connectivity index (χ2n) is 6.24. The fraction of sp³-hybridized carbons (Fsp3) is 0.333. The summed E-state index contributed by atoms with van der Waals surface area (Å²) in [6, 6.07) is 16.0. The molecule has 0 aliphatic rings. The molecule has 0 fully saturated rings. The lowest BCUT2D eigenvalue weighted by Gasteiger charge is -2.23. The highest BCUT2D eigenvalue weighted by atomic mass is 16.7. The predicted molar refractivity (Wildman–Crippen MR) is 101 cm³/mol. The van der Waals surface area contributed by atoms with Gasteiger partial charge in [0.15, 0.2) is 5.76 Å². The molecule has 3 rings (SSSR count). The van der Waals surface area contributed by atoms with Gasteiger partial charge in [0.05, 0.1) is 17.9 Å². The summed E-state index contributed by atoms with van der Waals surface area (Å²) >= 11 is 0. The molecule has 136 valence electrons. The number of anilines is 1. The van der Waals surface area contributed by atoms with E-state index in [2.05, 4.69) is 17.1 Å². The van der Waals surface area contributed by atoms with Crippen molar-refractivity contribution in [3.05, 3.63) is 77.9 Å². The zero-order valence-corrected chi connectivity index (χ0v) is 15.2. The van der Waals surface area contributed by atoms with Crippen LogP contribution >= 0.6 is 0 Å². The molecule has 0 aliphatic heterocycles. The van der Waals surface area contributed by atoms with Crippen LogP contribution in [0, 0.1) is 0 Å². The smallest absolute Gasteiger partial charge is 0.165 e. The minimum Gasteiger partial charge on any atom is -0.359 e. The number of benzene rings is 1. The molecule has 0 spiro atoms. The van der Waals surface area contributed by atoms with E-state index in [1.165, 1.54) is 12.8 Å². The number of aromatic nitrogens is 2. The minimum atomic E-state index is 0.348. The molecule has 0 radical (unpaired) electrons. The van der Waals surface area contributed by atoms with Crippen molar-refractivity contribution in [2.24, 2.45) is 0 Å². The molecule has 5 heteroatoms. The van der Waals surface area contributed by atoms with Crippen LogP contribution in [0.15, 0.2) is 65.4 Å². The summed E-state index contributed by atoms with van der Waals surface area (Å²) in [5.74, 6) is 0.743. The number of hydroxylamine groups is 1. The lowest BCUT2D eigenvalue weighted by molar-refractivity contribution is 0.0743. The van der Waals surface area contributed by atoms with Crippen LogP contribution in [0.2, 0.25) is 0 Å². The number of para-hydroxylation sites is 1. The van der Waals surface area contributed by atoms with Gasteiger partial charge in [0.2, 0.25) is 0 Å². The summed E-state index contributed by atoms with van der Waals surface area (Å²) in [5.41, 5.74) is 3.12. The Hall–Kier alpha value is -2.66. The normalized spacial score (nSPS) is 10.8. The van der Waals surface area contributed by atoms with Crippen LogP contribution in [-0.4, -0.2) is 10.1 Å². The third kappa shape index (κ3) is 5.43. The summed E-state index contributed by atoms with van der Waals surface area (Å²) in [6.45, 7) is 3.17. The van der Waals surface area contributed by atoms with Gasteiger partial charge in [-0.15, -0.1) is 0 Å². The second kappa shape index (κ2) is 9.73. The third-order valence-corrected chi connectivity index (χ3v) is 4.13. The van der Waals surface area contributed by atoms with Gasteiger partial charge >= 0.3 is 0 Å². The van der Waals surface area contributed by atoms with Gasteiger partial charge in [-0.05, 0) is 42.7 Å². The van der Waals surface area contributed by atoms with Crippen molar-refractivity contribution in [2.45, 2.75) is 45.8 Å². The predicted octanol–water partition coefficient (Wildman–Crippen LogP) is 4.94. The summed E-state index contributed by atoms with van der Waals surface area (Å²) in [4.78, 5) is 10.1. The van der Waals surface area contributed by atoms with Crippen LogP contribution in [-0.2, 0) is 24.4 Å². The molecule has 0 atom stereocenters. The van der Waals surface area contributed by atoms with Crippen molar-refractivity contribution in [3.8, 4) is 0 Å². The van der Waals surface area contributed by atoms with Gasteiger partial charge in [0.1, 0.15) is 6.61 Å². The fourth-order valence-electron chi connectivity index (χ4n) is 2.70. The summed E-state index contributed by atoms with van der Waals surface area (Å²) in [5, 5.41) is 6.01. The molecular weight excluding hydrogens is 326 g/mol. The summed E-state index contributed by atoms with van der Waals surface area (Å²) < 4.78 is 5.42. The summed E-state index contributed by atoms with van der Waals surface area (Å²) in [7, 11) is 0. The zero-order valence-electron chi connectivity index (χ0n) is 15.2. The first-order valence-electron chi connectivity index (χ1n) is 9.14. The Labute approximate surface area is 154 Å². The van der Waals surface area contributed by atoms with Crippen molar-refractivity contribution in [1.82, 2.24) is 10.1 Å². The topological polar surface area (TPSA) is 51.4 Å². The van der Waals surface area contributed by atoms with Crippen LogP contribution in [0.4, 0.5) is 5.69 Å². The van der Waals surface area contributed by atoms with Crippen molar-refractivity contribution in [2.75, 3.05) is 5.06 Å². The SMILES string of the molecule is CCCCCc1cc(CON(Cc2ccncc2)c2ccccc2)on1. The van der Waals surface area contributed by atoms with Crippen LogP contribution in [0.3, 0.4) is 0 Å². The molecule has 0 saturated heterocycles. The van der Waals surface area contributed by atoms with E-state index in [-0.39, 0.29) is 0 Å². The Balaban J connectivity index is 1.62. The van der Waals surface area contributed by atoms with Gasteiger partial charge in [-0.2, -0.15) is 0 Å². The van der Waals surface area contributed by atoms with E-state index in [1.807, 2.05) is 53.6 Å². The Morgan fingerprint density at radius 2 is 1.85 bits per heavy atom. The average Bonchev–Trinajstić information content (AvgIpc) is 3.14. The van der Waals surface area contributed by atoms with Gasteiger partial charge in [-0.25, -0.2) is 5.06 Å². The third-order valence-electron chi connectivity index (χ3n) is 4.13. The van der Waals surface area contributed by atoms with Crippen LogP contribution < -0.4 is 5.06 Å². The Bertz CT molecular complexity index is 759. The van der Waals surface area contributed by atoms with Gasteiger partial charge in [0, 0.05) is 18.5 Å². The molecule has 0 saturated carbocycles. The second-order valence-corrected chi connectivity index (χ2v) is 6.24. The fourth-order valence-corrected chi connectivity index (χ4v) is 2.70. The number of aryl methyl sites for hydroxylation is 1. The van der Waals surface area contributed by atoms with Crippen LogP contribution in [0.1, 0.15) is 43.2 Å². The maximum absolute atomic E-state index is 6.04. The Morgan fingerprint density at radius 3 is 2.62 bits per heavy atom. The highest BCUT2D eigenvalue weighted by Crippen LogP contribution is 2.19. The first kappa shape index (κ1) is 18.1. The van der Waals surface area contributed by atoms with E-state index in [1.54, 1.807) is 12.4 Å². The van der Waals surface area contributed by atoms with Gasteiger partial charge in [-0.3, -0.25) is 9.82 Å². The number of rotatable bonds is 10. The maximum atomic E-state index is 6.04. The number of unbranched alkanes of at least 4 members (excludes halogenated alkanes) is 2. The van der Waals surface area contributed by atoms with E-state index in [0.29, 0.717) is 13.2 Å². The van der Waals surface area contributed by atoms with Gasteiger partial charge in [-0.1, -0.05) is 43.1 Å². The van der Waals surface area contributed by atoms with Crippen LogP contribution in [0.5, 0.6) is 0 Å². The largest absolute Gasteiger partial charge is 0.359 e. The Morgan fingerprint density at radius 1 is 1.04 bits per heavy atom. The van der Waals surface area contributed by atoms with Crippen LogP contribution in [0.25, 0.3) is 0 Å². The standard InChI is InChI=1S/C21H25N3O2/c1-2-3-5-8-19-15-21(26-23-19)17-25-24(20-9-6-4-7-10-20)16-18-11-13-22-14-12-18/h4,6-7,9-15H,2-3,5,8,16-17H2,1H3. The van der Waals surface area contributed by atoms with Crippen molar-refractivity contribution in [3.63, 3.8) is 0 Å². The molecule has 3 aromatic rings. The number of hydrogen-bond acceptors (Lipinski definition) is 5. The molecule has 0 bridgehead atoms. The molecule has 26 heavy (non-hydrogen) atoms. The van der Waals surface area contributed by atoms with E-state index < -0.39 is 0 Å². The molecule has 2 heterocycles. The number of hydrogen-bond donors (Lipinski definition) is 0. The monoisotopic (exact) mass is 351 g/mol. The molecule has 5 nitrogen and oxygen atoms in total. The van der Waals surface area contributed by atoms with E-state index in [4.69, 9.17) is 9.36 Å². The molecule has 0 unspecified atom stereocenters. The molecule has 1 aromatic carbocycles. The van der Waals surface area contributed by atoms with Crippen molar-refractivity contribution in [1.29, 1.82) is 0 Å². The average molecular weight is 351 g/mol. The number of pyridine rings is 1. The highest BCUT2D eigenvalue weighted by molar-refractivity contribution is 5.44. The molecule has 2 aromatic heterocycles. The molecular formula is C21H25N3O2. The van der Waals surface area contributed by atoms with Crippen molar-refractivity contribution < 1.29 is 9.36 Å². The van der Waals surface area contributed by atoms with E-state index >= 15 is 0 Å². The lowest BCUT2D eigenvalue weighted by Crippen LogP contribution is -2.22. The van der Waals surface area contributed by atoms with Gasteiger partial charge < -0.3 is 4.52 Å². The van der Waals surface area contributed by atoms with Gasteiger partial charge in [0.25, 0.3) is 0 Å². The first-order chi connectivity index (χ1) is 12.8. The lowest BCUT2D eigenvalue weighted by atomic mass is 10.1. The Kier molecular flexibility index (Phi) is 6.79. The highest BCUT2D eigenvalue weighted by Gasteiger charge is 2.11. The minimum absolute atomic E-state index is 0.348. The maximum Gasteiger partial charge on any atom is 0.165 e. The van der Waals surface area contributed by atoms with E-state index in [9.17, 15) is 0 Å². The molecule has 0 aliphatic carbocycles. The first-order valence-corrected chi connectivity index (χ1v) is 9.14. The van der Waals surface area contributed by atoms with E-state index in [0.717, 1.165) is 35.5 Å². The molecule has 0 N–H and O–H groups in total. The van der Waals surface area contributed by atoms with Crippen molar-refractivity contribution >= 4 is 5.69 Å². The number of nitrogens with zero attached hydrogens (tertiary/aromatic N) is 3.